The second-order valence-electron chi connectivity index (χ2n) is 14.9. The van der Waals surface area contributed by atoms with Crippen molar-refractivity contribution in [2.24, 2.45) is 0 Å². The summed E-state index contributed by atoms with van der Waals surface area (Å²) in [5.41, 5.74) is 6.03. The minimum Gasteiger partial charge on any atom is -0.484 e. The standard InChI is InChI=1S/C49H46N4O7S/c54-45-31-60-39-24-17-35(18-25-39)30-43(49(58)59)53-46(55)40(26-19-32-8-3-1-4-9-32)51-48(57)42(29-33-13-20-37(21-14-33)36-10-5-2-6-11-36)52-47(56)41(50-45)28-34-15-22-38(23-16-34)44-12-7-27-61-44/h1-18,20-25,27,40-43H,19,26,28-31H2,(H,50,54)(H,51,57)(H,52,56)(H,53,55)(H,58,59)/t40-,41-,42+,43-/m0/s1. The van der Waals surface area contributed by atoms with Crippen LogP contribution in [0.2, 0.25) is 0 Å². The van der Waals surface area contributed by atoms with Crippen molar-refractivity contribution in [1.29, 1.82) is 0 Å². The first-order valence-corrected chi connectivity index (χ1v) is 21.0. The molecule has 5 N–H and O–H groups in total. The maximum atomic E-state index is 14.5. The maximum absolute atomic E-state index is 14.5. The molecule has 2 bridgehead atoms. The van der Waals surface area contributed by atoms with Gasteiger partial charge < -0.3 is 31.1 Å². The topological polar surface area (TPSA) is 163 Å². The zero-order valence-corrected chi connectivity index (χ0v) is 34.1. The molecule has 0 unspecified atom stereocenters. The second kappa shape index (κ2) is 20.3. The van der Waals surface area contributed by atoms with Gasteiger partial charge in [-0.3, -0.25) is 19.2 Å². The minimum atomic E-state index is -1.32. The van der Waals surface area contributed by atoms with Gasteiger partial charge in [0, 0.05) is 24.1 Å². The largest absolute Gasteiger partial charge is 0.484 e. The van der Waals surface area contributed by atoms with Crippen molar-refractivity contribution >= 4 is 40.9 Å². The fourth-order valence-corrected chi connectivity index (χ4v) is 7.92. The van der Waals surface area contributed by atoms with Crippen LogP contribution in [0.5, 0.6) is 5.75 Å². The molecular weight excluding hydrogens is 789 g/mol. The summed E-state index contributed by atoms with van der Waals surface area (Å²) in [5, 5.41) is 23.4. The van der Waals surface area contributed by atoms with Crippen molar-refractivity contribution in [1.82, 2.24) is 21.3 Å². The van der Waals surface area contributed by atoms with Crippen LogP contribution in [-0.2, 0) is 49.7 Å². The number of fused-ring (bicyclic) bond motifs is 16. The summed E-state index contributed by atoms with van der Waals surface area (Å²) < 4.78 is 5.76. The predicted octanol–water partition coefficient (Wildman–Crippen LogP) is 6.16. The van der Waals surface area contributed by atoms with Gasteiger partial charge in [0.15, 0.2) is 6.61 Å². The number of carboxylic acids is 1. The van der Waals surface area contributed by atoms with E-state index in [4.69, 9.17) is 4.74 Å². The summed E-state index contributed by atoms with van der Waals surface area (Å²) in [6, 6.07) is 40.4. The molecule has 0 aliphatic carbocycles. The molecule has 2 aliphatic rings. The number of carbonyl (C=O) groups is 5. The molecule has 0 saturated carbocycles. The molecule has 0 saturated heterocycles. The molecule has 11 nitrogen and oxygen atoms in total. The normalized spacial score (nSPS) is 18.9. The number of hydrogen-bond donors (Lipinski definition) is 5. The first-order chi connectivity index (χ1) is 29.7. The zero-order valence-electron chi connectivity index (χ0n) is 33.3. The average Bonchev–Trinajstić information content (AvgIpc) is 3.83. The van der Waals surface area contributed by atoms with Crippen LogP contribution in [0.15, 0.2) is 151 Å². The summed E-state index contributed by atoms with van der Waals surface area (Å²) >= 11 is 1.61. The molecule has 61 heavy (non-hydrogen) atoms. The van der Waals surface area contributed by atoms with Gasteiger partial charge in [0.1, 0.15) is 29.9 Å². The van der Waals surface area contributed by atoms with Gasteiger partial charge in [-0.25, -0.2) is 4.79 Å². The number of nitrogens with one attached hydrogen (secondary N) is 4. The molecule has 4 atom stereocenters. The van der Waals surface area contributed by atoms with E-state index in [-0.39, 0.29) is 25.7 Å². The highest BCUT2D eigenvalue weighted by Gasteiger charge is 2.32. The maximum Gasteiger partial charge on any atom is 0.326 e. The number of carbonyl (C=O) groups excluding carboxylic acids is 4. The number of hydrogen-bond acceptors (Lipinski definition) is 7. The van der Waals surface area contributed by atoms with Gasteiger partial charge in [0.05, 0.1) is 0 Å². The van der Waals surface area contributed by atoms with Crippen LogP contribution < -0.4 is 26.0 Å². The average molecular weight is 835 g/mol. The number of aliphatic carboxylic acids is 1. The van der Waals surface area contributed by atoms with E-state index >= 15 is 0 Å². The molecule has 12 heteroatoms. The predicted molar refractivity (Wildman–Crippen MR) is 235 cm³/mol. The lowest BCUT2D eigenvalue weighted by Crippen LogP contribution is -2.59. The Bertz CT molecular complexity index is 2410. The number of benzene rings is 5. The SMILES string of the molecule is O=C1COc2ccc(cc2)C[C@@H](C(=O)O)NC(=O)[C@H](CCc2ccccc2)NC(=O)[C@@H](Cc2ccc(-c3ccccc3)cc2)NC(=O)[C@H](Cc2ccc(-c3cccs3)cc2)N1. The Labute approximate surface area is 358 Å². The van der Waals surface area contributed by atoms with Crippen LogP contribution in [0, 0.1) is 0 Å². The zero-order chi connectivity index (χ0) is 42.6. The number of aryl methyl sites for hydroxylation is 1. The van der Waals surface area contributed by atoms with E-state index in [1.807, 2.05) is 127 Å². The van der Waals surface area contributed by atoms with E-state index in [2.05, 4.69) is 21.3 Å². The van der Waals surface area contributed by atoms with E-state index in [9.17, 15) is 29.1 Å². The fourth-order valence-electron chi connectivity index (χ4n) is 7.19. The van der Waals surface area contributed by atoms with Gasteiger partial charge in [-0.15, -0.1) is 11.3 Å². The Morgan fingerprint density at radius 1 is 0.574 bits per heavy atom. The van der Waals surface area contributed by atoms with Crippen molar-refractivity contribution in [2.75, 3.05) is 6.61 Å². The summed E-state index contributed by atoms with van der Waals surface area (Å²) in [4.78, 5) is 70.0. The van der Waals surface area contributed by atoms with Crippen molar-refractivity contribution < 1.29 is 33.8 Å². The van der Waals surface area contributed by atoms with E-state index in [1.165, 1.54) is 0 Å². The number of carboxylic acid groups (broad SMARTS) is 1. The Morgan fingerprint density at radius 3 is 1.74 bits per heavy atom. The molecule has 1 aromatic heterocycles. The smallest absolute Gasteiger partial charge is 0.326 e. The van der Waals surface area contributed by atoms with Gasteiger partial charge >= 0.3 is 5.97 Å². The van der Waals surface area contributed by atoms with E-state index < -0.39 is 60.4 Å². The molecule has 0 fully saturated rings. The Kier molecular flexibility index (Phi) is 14.0. The van der Waals surface area contributed by atoms with Crippen LogP contribution in [0.1, 0.15) is 28.7 Å². The third kappa shape index (κ3) is 11.8. The molecule has 4 amide bonds. The number of thiophene rings is 1. The van der Waals surface area contributed by atoms with E-state index in [0.717, 1.165) is 38.3 Å². The van der Waals surface area contributed by atoms with E-state index in [1.54, 1.807) is 35.6 Å². The van der Waals surface area contributed by atoms with Gasteiger partial charge in [0.2, 0.25) is 17.7 Å². The lowest BCUT2D eigenvalue weighted by atomic mass is 9.98. The van der Waals surface area contributed by atoms with Crippen molar-refractivity contribution in [3.8, 4) is 27.3 Å². The summed E-state index contributed by atoms with van der Waals surface area (Å²) in [6.07, 6.45) is 0.650. The molecule has 3 heterocycles. The van der Waals surface area contributed by atoms with Crippen LogP contribution >= 0.6 is 11.3 Å². The lowest BCUT2D eigenvalue weighted by molar-refractivity contribution is -0.142. The molecule has 8 rings (SSSR count). The summed E-state index contributed by atoms with van der Waals surface area (Å²) in [5.74, 6) is -3.40. The van der Waals surface area contributed by atoms with Gasteiger partial charge in [-0.05, 0) is 75.4 Å². The quantitative estimate of drug-likeness (QED) is 0.103. The molecule has 0 spiro atoms. The van der Waals surface area contributed by atoms with Crippen LogP contribution in [0.4, 0.5) is 0 Å². The second-order valence-corrected chi connectivity index (χ2v) is 15.9. The minimum absolute atomic E-state index is 0.0463. The molecule has 310 valence electrons. The molecular formula is C49H46N4O7S. The third-order valence-corrected chi connectivity index (χ3v) is 11.4. The molecule has 0 radical (unpaired) electrons. The van der Waals surface area contributed by atoms with Gasteiger partial charge in [-0.1, -0.05) is 127 Å². The highest BCUT2D eigenvalue weighted by Crippen LogP contribution is 2.25. The lowest BCUT2D eigenvalue weighted by Gasteiger charge is -2.26. The third-order valence-electron chi connectivity index (χ3n) is 10.5. The van der Waals surface area contributed by atoms with Crippen LogP contribution in [0.25, 0.3) is 21.6 Å². The van der Waals surface area contributed by atoms with Gasteiger partial charge in [-0.2, -0.15) is 0 Å². The summed E-state index contributed by atoms with van der Waals surface area (Å²) in [7, 11) is 0. The van der Waals surface area contributed by atoms with E-state index in [0.29, 0.717) is 17.7 Å². The molecule has 6 aromatic rings. The number of ether oxygens (including phenoxy) is 1. The Morgan fingerprint density at radius 2 is 1.13 bits per heavy atom. The number of rotatable bonds is 10. The Hall–Kier alpha value is -7.05. The fraction of sp³-hybridized carbons (Fsp3) is 0.204. The van der Waals surface area contributed by atoms with Gasteiger partial charge in [0.25, 0.3) is 5.91 Å². The highest BCUT2D eigenvalue weighted by atomic mass is 32.1. The number of amides is 4. The molecule has 2 aliphatic heterocycles. The first-order valence-electron chi connectivity index (χ1n) is 20.1. The summed E-state index contributed by atoms with van der Waals surface area (Å²) in [6.45, 7) is -0.408. The molecule has 5 aromatic carbocycles. The van der Waals surface area contributed by atoms with Crippen molar-refractivity contribution in [3.05, 3.63) is 173 Å². The van der Waals surface area contributed by atoms with Crippen LogP contribution in [-0.4, -0.2) is 65.5 Å². The van der Waals surface area contributed by atoms with Crippen molar-refractivity contribution in [3.63, 3.8) is 0 Å². The first kappa shape index (κ1) is 42.1. The van der Waals surface area contributed by atoms with Crippen LogP contribution in [0.3, 0.4) is 0 Å². The highest BCUT2D eigenvalue weighted by molar-refractivity contribution is 7.13. The van der Waals surface area contributed by atoms with Crippen molar-refractivity contribution in [2.45, 2.75) is 56.3 Å². The monoisotopic (exact) mass is 834 g/mol. The Balaban J connectivity index is 1.21.